The highest BCUT2D eigenvalue weighted by Gasteiger charge is 2.28. The van der Waals surface area contributed by atoms with Crippen molar-refractivity contribution in [2.24, 2.45) is 0 Å². The van der Waals surface area contributed by atoms with Gasteiger partial charge in [-0.25, -0.2) is 0 Å². The summed E-state index contributed by atoms with van der Waals surface area (Å²) in [6.45, 7) is 1.70. The van der Waals surface area contributed by atoms with Gasteiger partial charge in [0.25, 0.3) is 5.91 Å². The molecule has 0 bridgehead atoms. The van der Waals surface area contributed by atoms with Crippen LogP contribution < -0.4 is 5.32 Å². The molecule has 1 saturated heterocycles. The van der Waals surface area contributed by atoms with Crippen LogP contribution in [0, 0.1) is 0 Å². The summed E-state index contributed by atoms with van der Waals surface area (Å²) in [6, 6.07) is 2.14. The van der Waals surface area contributed by atoms with Crippen molar-refractivity contribution in [1.29, 1.82) is 0 Å². The van der Waals surface area contributed by atoms with Gasteiger partial charge in [-0.1, -0.05) is 0 Å². The minimum atomic E-state index is 0.0801. The molecular formula is C12H16BrN3O. The minimum absolute atomic E-state index is 0.0801. The molecule has 0 spiro atoms. The third-order valence-electron chi connectivity index (χ3n) is 3.03. The van der Waals surface area contributed by atoms with Gasteiger partial charge >= 0.3 is 0 Å². The molecule has 1 unspecified atom stereocenters. The van der Waals surface area contributed by atoms with Crippen LogP contribution in [0.5, 0.6) is 0 Å². The molecule has 1 aromatic heterocycles. The van der Waals surface area contributed by atoms with Crippen molar-refractivity contribution in [1.82, 2.24) is 15.2 Å². The molecule has 0 aliphatic carbocycles. The van der Waals surface area contributed by atoms with E-state index in [1.807, 2.05) is 18.0 Å². The van der Waals surface area contributed by atoms with E-state index in [-0.39, 0.29) is 5.91 Å². The summed E-state index contributed by atoms with van der Waals surface area (Å²) in [5, 5.41) is 3.14. The SMILES string of the molecule is CNCC1CCCN1C(=O)c1cncc(Br)c1. The molecular weight excluding hydrogens is 282 g/mol. The van der Waals surface area contributed by atoms with Crippen molar-refractivity contribution >= 4 is 21.8 Å². The van der Waals surface area contributed by atoms with E-state index in [0.717, 1.165) is 30.4 Å². The molecule has 0 saturated carbocycles. The van der Waals surface area contributed by atoms with Crippen molar-refractivity contribution < 1.29 is 4.79 Å². The average Bonchev–Trinajstić information content (AvgIpc) is 2.77. The van der Waals surface area contributed by atoms with Gasteiger partial charge in [-0.3, -0.25) is 9.78 Å². The number of halogens is 1. The molecule has 0 radical (unpaired) electrons. The molecule has 5 heteroatoms. The quantitative estimate of drug-likeness (QED) is 0.923. The molecule has 0 aromatic carbocycles. The van der Waals surface area contributed by atoms with E-state index >= 15 is 0 Å². The zero-order valence-electron chi connectivity index (χ0n) is 9.82. The van der Waals surface area contributed by atoms with Gasteiger partial charge in [-0.15, -0.1) is 0 Å². The average molecular weight is 298 g/mol. The van der Waals surface area contributed by atoms with Crippen molar-refractivity contribution in [3.63, 3.8) is 0 Å². The largest absolute Gasteiger partial charge is 0.334 e. The molecule has 1 N–H and O–H groups in total. The van der Waals surface area contributed by atoms with Crippen LogP contribution in [0.3, 0.4) is 0 Å². The fraction of sp³-hybridized carbons (Fsp3) is 0.500. The highest BCUT2D eigenvalue weighted by atomic mass is 79.9. The Morgan fingerprint density at radius 1 is 1.65 bits per heavy atom. The van der Waals surface area contributed by atoms with E-state index in [0.29, 0.717) is 11.6 Å². The van der Waals surface area contributed by atoms with Crippen LogP contribution in [0.1, 0.15) is 23.2 Å². The van der Waals surface area contributed by atoms with Crippen LogP contribution in [0.4, 0.5) is 0 Å². The van der Waals surface area contributed by atoms with E-state index in [4.69, 9.17) is 0 Å². The molecule has 2 rings (SSSR count). The number of likely N-dealkylation sites (tertiary alicyclic amines) is 1. The van der Waals surface area contributed by atoms with Crippen LogP contribution in [0.15, 0.2) is 22.9 Å². The van der Waals surface area contributed by atoms with Gasteiger partial charge < -0.3 is 10.2 Å². The number of hydrogen-bond acceptors (Lipinski definition) is 3. The number of aromatic nitrogens is 1. The van der Waals surface area contributed by atoms with Crippen molar-refractivity contribution in [3.8, 4) is 0 Å². The highest BCUT2D eigenvalue weighted by molar-refractivity contribution is 9.10. The maximum Gasteiger partial charge on any atom is 0.255 e. The standard InChI is InChI=1S/C12H16BrN3O/c1-14-8-11-3-2-4-16(11)12(17)9-5-10(13)7-15-6-9/h5-7,11,14H,2-4,8H2,1H3. The zero-order chi connectivity index (χ0) is 12.3. The molecule has 1 atom stereocenters. The van der Waals surface area contributed by atoms with Gasteiger partial charge in [-0.05, 0) is 41.9 Å². The van der Waals surface area contributed by atoms with Crippen LogP contribution >= 0.6 is 15.9 Å². The number of rotatable bonds is 3. The van der Waals surface area contributed by atoms with Crippen LogP contribution in [0.2, 0.25) is 0 Å². The lowest BCUT2D eigenvalue weighted by atomic mass is 10.2. The van der Waals surface area contributed by atoms with Crippen molar-refractivity contribution in [2.45, 2.75) is 18.9 Å². The first-order valence-corrected chi connectivity index (χ1v) is 6.58. The highest BCUT2D eigenvalue weighted by Crippen LogP contribution is 2.20. The number of pyridine rings is 1. The topological polar surface area (TPSA) is 45.2 Å². The Kier molecular flexibility index (Phi) is 4.12. The number of nitrogens with zero attached hydrogens (tertiary/aromatic N) is 2. The third-order valence-corrected chi connectivity index (χ3v) is 3.46. The lowest BCUT2D eigenvalue weighted by molar-refractivity contribution is 0.0736. The Morgan fingerprint density at radius 2 is 2.47 bits per heavy atom. The predicted octanol–water partition coefficient (Wildman–Crippen LogP) is 1.67. The molecule has 17 heavy (non-hydrogen) atoms. The molecule has 1 amide bonds. The first kappa shape index (κ1) is 12.5. The summed E-state index contributed by atoms with van der Waals surface area (Å²) in [5.41, 5.74) is 0.655. The van der Waals surface area contributed by atoms with Crippen LogP contribution in [-0.4, -0.2) is 42.0 Å². The predicted molar refractivity (Wildman–Crippen MR) is 69.9 cm³/mol. The van der Waals surface area contributed by atoms with Gasteiger partial charge in [-0.2, -0.15) is 0 Å². The second-order valence-electron chi connectivity index (χ2n) is 4.24. The summed E-state index contributed by atoms with van der Waals surface area (Å²) in [5.74, 6) is 0.0801. The maximum absolute atomic E-state index is 12.3. The fourth-order valence-corrected chi connectivity index (χ4v) is 2.61. The summed E-state index contributed by atoms with van der Waals surface area (Å²) in [4.78, 5) is 18.3. The Hall–Kier alpha value is -0.940. The summed E-state index contributed by atoms with van der Waals surface area (Å²) in [6.07, 6.45) is 5.47. The molecule has 4 nitrogen and oxygen atoms in total. The Balaban J connectivity index is 2.14. The number of amides is 1. The van der Waals surface area contributed by atoms with E-state index in [2.05, 4.69) is 26.2 Å². The third kappa shape index (κ3) is 2.84. The van der Waals surface area contributed by atoms with E-state index in [1.165, 1.54) is 0 Å². The molecule has 1 aliphatic heterocycles. The Morgan fingerprint density at radius 3 is 3.18 bits per heavy atom. The fourth-order valence-electron chi connectivity index (χ4n) is 2.25. The minimum Gasteiger partial charge on any atom is -0.334 e. The van der Waals surface area contributed by atoms with E-state index in [9.17, 15) is 4.79 Å². The van der Waals surface area contributed by atoms with Gasteiger partial charge in [0.2, 0.25) is 0 Å². The lowest BCUT2D eigenvalue weighted by Crippen LogP contribution is -2.40. The van der Waals surface area contributed by atoms with E-state index in [1.54, 1.807) is 12.4 Å². The van der Waals surface area contributed by atoms with Crippen LogP contribution in [0.25, 0.3) is 0 Å². The number of carbonyl (C=O) groups is 1. The molecule has 2 heterocycles. The summed E-state index contributed by atoms with van der Waals surface area (Å²) >= 11 is 3.34. The lowest BCUT2D eigenvalue weighted by Gasteiger charge is -2.24. The number of hydrogen-bond donors (Lipinski definition) is 1. The molecule has 1 aromatic rings. The Labute approximate surface area is 110 Å². The summed E-state index contributed by atoms with van der Waals surface area (Å²) < 4.78 is 0.840. The maximum atomic E-state index is 12.3. The normalized spacial score (nSPS) is 19.6. The van der Waals surface area contributed by atoms with Gasteiger partial charge in [0.05, 0.1) is 5.56 Å². The first-order chi connectivity index (χ1) is 8.22. The van der Waals surface area contributed by atoms with Gasteiger partial charge in [0, 0.05) is 36.0 Å². The van der Waals surface area contributed by atoms with Crippen molar-refractivity contribution in [2.75, 3.05) is 20.1 Å². The second-order valence-corrected chi connectivity index (χ2v) is 5.16. The number of nitrogens with one attached hydrogen (secondary N) is 1. The molecule has 92 valence electrons. The van der Waals surface area contributed by atoms with Gasteiger partial charge in [0.15, 0.2) is 0 Å². The van der Waals surface area contributed by atoms with Crippen LogP contribution in [-0.2, 0) is 0 Å². The number of likely N-dealkylation sites (N-methyl/N-ethyl adjacent to an activating group) is 1. The first-order valence-electron chi connectivity index (χ1n) is 5.78. The molecule has 1 fully saturated rings. The van der Waals surface area contributed by atoms with Crippen molar-refractivity contribution in [3.05, 3.63) is 28.5 Å². The smallest absolute Gasteiger partial charge is 0.255 e. The monoisotopic (exact) mass is 297 g/mol. The summed E-state index contributed by atoms with van der Waals surface area (Å²) in [7, 11) is 1.92. The Bertz CT molecular complexity index is 410. The zero-order valence-corrected chi connectivity index (χ0v) is 11.4. The van der Waals surface area contributed by atoms with E-state index < -0.39 is 0 Å². The number of carbonyl (C=O) groups excluding carboxylic acids is 1. The second kappa shape index (κ2) is 5.60. The molecule has 1 aliphatic rings. The van der Waals surface area contributed by atoms with Gasteiger partial charge in [0.1, 0.15) is 0 Å².